The molecule has 0 saturated heterocycles. The second-order valence-electron chi connectivity index (χ2n) is 2.63. The minimum absolute atomic E-state index is 0.395. The lowest BCUT2D eigenvalue weighted by Gasteiger charge is -2.23. The van der Waals surface area contributed by atoms with Crippen molar-refractivity contribution in [2.45, 2.75) is 18.4 Å². The van der Waals surface area contributed by atoms with Gasteiger partial charge in [0.2, 0.25) is 0 Å². The summed E-state index contributed by atoms with van der Waals surface area (Å²) < 4.78 is 4.56. The SMILES string of the molecule is C=CCC(N)(CC=C)C(=O)OC. The van der Waals surface area contributed by atoms with E-state index < -0.39 is 11.5 Å². The summed E-state index contributed by atoms with van der Waals surface area (Å²) in [6.07, 6.45) is 3.98. The van der Waals surface area contributed by atoms with Crippen LogP contribution in [0.5, 0.6) is 0 Å². The summed E-state index contributed by atoms with van der Waals surface area (Å²) in [5.74, 6) is -0.428. The second kappa shape index (κ2) is 4.72. The monoisotopic (exact) mass is 169 g/mol. The summed E-state index contributed by atoms with van der Waals surface area (Å²) in [7, 11) is 1.32. The van der Waals surface area contributed by atoms with E-state index in [0.29, 0.717) is 12.8 Å². The first-order chi connectivity index (χ1) is 5.60. The first kappa shape index (κ1) is 10.9. The van der Waals surface area contributed by atoms with Crippen LogP contribution in [0.2, 0.25) is 0 Å². The molecule has 0 aliphatic carbocycles. The Kier molecular flexibility index (Phi) is 4.29. The van der Waals surface area contributed by atoms with Gasteiger partial charge in [-0.05, 0) is 12.8 Å². The zero-order chi connectivity index (χ0) is 9.61. The molecule has 0 rings (SSSR count). The smallest absolute Gasteiger partial charge is 0.326 e. The van der Waals surface area contributed by atoms with Crippen molar-refractivity contribution in [1.29, 1.82) is 0 Å². The van der Waals surface area contributed by atoms with Crippen LogP contribution in [0.25, 0.3) is 0 Å². The molecule has 0 bridgehead atoms. The van der Waals surface area contributed by atoms with Gasteiger partial charge in [0, 0.05) is 0 Å². The van der Waals surface area contributed by atoms with Gasteiger partial charge in [-0.25, -0.2) is 0 Å². The first-order valence-electron chi connectivity index (χ1n) is 3.70. The lowest BCUT2D eigenvalue weighted by molar-refractivity contribution is -0.146. The van der Waals surface area contributed by atoms with Crippen LogP contribution in [0.3, 0.4) is 0 Å². The molecular formula is C9H15NO2. The van der Waals surface area contributed by atoms with Gasteiger partial charge >= 0.3 is 5.97 Å². The molecule has 0 spiro atoms. The van der Waals surface area contributed by atoms with E-state index >= 15 is 0 Å². The Labute approximate surface area is 72.9 Å². The van der Waals surface area contributed by atoms with Gasteiger partial charge in [-0.3, -0.25) is 4.79 Å². The van der Waals surface area contributed by atoms with Crippen LogP contribution in [0.1, 0.15) is 12.8 Å². The molecule has 0 heterocycles. The normalized spacial score (nSPS) is 10.5. The number of carbonyl (C=O) groups excluding carboxylic acids is 1. The van der Waals surface area contributed by atoms with Crippen LogP contribution in [-0.2, 0) is 9.53 Å². The maximum atomic E-state index is 11.2. The quantitative estimate of drug-likeness (QED) is 0.493. The molecule has 0 atom stereocenters. The van der Waals surface area contributed by atoms with Crippen molar-refractivity contribution in [3.05, 3.63) is 25.3 Å². The van der Waals surface area contributed by atoms with Gasteiger partial charge in [0.1, 0.15) is 5.54 Å². The van der Waals surface area contributed by atoms with Gasteiger partial charge in [-0.1, -0.05) is 12.2 Å². The van der Waals surface area contributed by atoms with Crippen molar-refractivity contribution in [3.63, 3.8) is 0 Å². The third-order valence-electron chi connectivity index (χ3n) is 1.61. The average Bonchev–Trinajstić information content (AvgIpc) is 2.04. The fourth-order valence-corrected chi connectivity index (χ4v) is 0.968. The van der Waals surface area contributed by atoms with Crippen LogP contribution in [0.15, 0.2) is 25.3 Å². The molecule has 12 heavy (non-hydrogen) atoms. The molecule has 3 nitrogen and oxygen atoms in total. The molecule has 0 aliphatic heterocycles. The maximum absolute atomic E-state index is 11.2. The molecule has 0 radical (unpaired) electrons. The topological polar surface area (TPSA) is 52.3 Å². The molecule has 0 unspecified atom stereocenters. The summed E-state index contributed by atoms with van der Waals surface area (Å²) in [6, 6.07) is 0. The Morgan fingerprint density at radius 3 is 2.17 bits per heavy atom. The van der Waals surface area contributed by atoms with Crippen molar-refractivity contribution in [2.75, 3.05) is 7.11 Å². The molecule has 0 fully saturated rings. The van der Waals surface area contributed by atoms with E-state index in [1.807, 2.05) is 0 Å². The van der Waals surface area contributed by atoms with Crippen molar-refractivity contribution in [3.8, 4) is 0 Å². The molecule has 0 amide bonds. The Morgan fingerprint density at radius 2 is 1.92 bits per heavy atom. The van der Waals surface area contributed by atoms with Crippen LogP contribution in [0, 0.1) is 0 Å². The molecule has 3 heteroatoms. The number of ether oxygens (including phenoxy) is 1. The van der Waals surface area contributed by atoms with Gasteiger partial charge in [0.25, 0.3) is 0 Å². The highest BCUT2D eigenvalue weighted by Crippen LogP contribution is 2.14. The molecule has 0 saturated carbocycles. The third kappa shape index (κ3) is 2.51. The lowest BCUT2D eigenvalue weighted by atomic mass is 9.93. The van der Waals surface area contributed by atoms with Crippen molar-refractivity contribution in [1.82, 2.24) is 0 Å². The van der Waals surface area contributed by atoms with E-state index in [2.05, 4.69) is 17.9 Å². The van der Waals surface area contributed by atoms with Gasteiger partial charge in [0.05, 0.1) is 7.11 Å². The lowest BCUT2D eigenvalue weighted by Crippen LogP contribution is -2.47. The van der Waals surface area contributed by atoms with E-state index in [1.54, 1.807) is 12.2 Å². The number of hydrogen-bond acceptors (Lipinski definition) is 3. The zero-order valence-corrected chi connectivity index (χ0v) is 7.38. The summed E-state index contributed by atoms with van der Waals surface area (Å²) in [6.45, 7) is 7.05. The van der Waals surface area contributed by atoms with Crippen molar-refractivity contribution in [2.24, 2.45) is 5.73 Å². The van der Waals surface area contributed by atoms with E-state index in [-0.39, 0.29) is 0 Å². The Morgan fingerprint density at radius 1 is 1.50 bits per heavy atom. The van der Waals surface area contributed by atoms with E-state index in [4.69, 9.17) is 5.73 Å². The number of esters is 1. The molecule has 2 N–H and O–H groups in total. The Bertz CT molecular complexity index is 177. The van der Waals surface area contributed by atoms with Crippen molar-refractivity contribution >= 4 is 5.97 Å². The summed E-state index contributed by atoms with van der Waals surface area (Å²) in [5, 5.41) is 0. The molecular weight excluding hydrogens is 154 g/mol. The number of hydrogen-bond donors (Lipinski definition) is 1. The molecule has 68 valence electrons. The minimum Gasteiger partial charge on any atom is -0.468 e. The number of methoxy groups -OCH3 is 1. The number of carbonyl (C=O) groups is 1. The summed E-state index contributed by atoms with van der Waals surface area (Å²) in [4.78, 5) is 11.2. The van der Waals surface area contributed by atoms with Crippen LogP contribution >= 0.6 is 0 Å². The van der Waals surface area contributed by atoms with Gasteiger partial charge < -0.3 is 10.5 Å². The predicted octanol–water partition coefficient (Wildman–Crippen LogP) is 1.01. The Hall–Kier alpha value is -1.09. The van der Waals surface area contributed by atoms with E-state index in [0.717, 1.165) is 0 Å². The highest BCUT2D eigenvalue weighted by atomic mass is 16.5. The Balaban J connectivity index is 4.46. The fourth-order valence-electron chi connectivity index (χ4n) is 0.968. The molecule has 0 aromatic heterocycles. The van der Waals surface area contributed by atoms with Crippen molar-refractivity contribution < 1.29 is 9.53 Å². The summed E-state index contributed by atoms with van der Waals surface area (Å²) in [5.41, 5.74) is 4.77. The first-order valence-corrected chi connectivity index (χ1v) is 3.70. The third-order valence-corrected chi connectivity index (χ3v) is 1.61. The van der Waals surface area contributed by atoms with Gasteiger partial charge in [-0.2, -0.15) is 0 Å². The second-order valence-corrected chi connectivity index (χ2v) is 2.63. The van der Waals surface area contributed by atoms with Crippen LogP contribution < -0.4 is 5.73 Å². The number of rotatable bonds is 5. The maximum Gasteiger partial charge on any atom is 0.326 e. The molecule has 0 aliphatic rings. The van der Waals surface area contributed by atoms with Gasteiger partial charge in [-0.15, -0.1) is 13.2 Å². The zero-order valence-electron chi connectivity index (χ0n) is 7.38. The highest BCUT2D eigenvalue weighted by molar-refractivity contribution is 5.80. The molecule has 0 aromatic carbocycles. The van der Waals surface area contributed by atoms with E-state index in [1.165, 1.54) is 7.11 Å². The van der Waals surface area contributed by atoms with Gasteiger partial charge in [0.15, 0.2) is 0 Å². The van der Waals surface area contributed by atoms with E-state index in [9.17, 15) is 4.79 Å². The highest BCUT2D eigenvalue weighted by Gasteiger charge is 2.32. The molecule has 0 aromatic rings. The van der Waals surface area contributed by atoms with Crippen LogP contribution in [-0.4, -0.2) is 18.6 Å². The fraction of sp³-hybridized carbons (Fsp3) is 0.444. The standard InChI is InChI=1S/C9H15NO2/c1-4-6-9(10,7-5-2)8(11)12-3/h4-5H,1-2,6-7,10H2,3H3. The largest absolute Gasteiger partial charge is 0.468 e. The average molecular weight is 169 g/mol. The number of nitrogens with two attached hydrogens (primary N) is 1. The summed E-state index contributed by atoms with van der Waals surface area (Å²) >= 11 is 0. The predicted molar refractivity (Wildman–Crippen MR) is 48.6 cm³/mol. The van der Waals surface area contributed by atoms with Crippen LogP contribution in [0.4, 0.5) is 0 Å². The minimum atomic E-state index is -0.988.